The summed E-state index contributed by atoms with van der Waals surface area (Å²) in [7, 11) is 0. The van der Waals surface area contributed by atoms with Gasteiger partial charge in [-0.05, 0) is 43.7 Å². The molecule has 1 aliphatic heterocycles. The van der Waals surface area contributed by atoms with Crippen LogP contribution in [0.1, 0.15) is 50.3 Å². The van der Waals surface area contributed by atoms with E-state index in [9.17, 15) is 4.79 Å². The van der Waals surface area contributed by atoms with E-state index in [1.807, 2.05) is 32.9 Å². The quantitative estimate of drug-likeness (QED) is 0.909. The Morgan fingerprint density at radius 1 is 1.46 bits per heavy atom. The molecule has 7 nitrogen and oxygen atoms in total. The molecule has 2 aromatic rings. The zero-order chi connectivity index (χ0) is 17.2. The van der Waals surface area contributed by atoms with E-state index in [0.29, 0.717) is 19.4 Å². The third-order valence-electron chi connectivity index (χ3n) is 4.14. The summed E-state index contributed by atoms with van der Waals surface area (Å²) in [5, 5.41) is 14.1. The number of nitrogens with one attached hydrogen (secondary N) is 1. The van der Waals surface area contributed by atoms with Gasteiger partial charge in [-0.1, -0.05) is 17.7 Å². The molecule has 0 spiro atoms. The number of aryl methyl sites for hydroxylation is 2. The molecule has 0 bridgehead atoms. The highest BCUT2D eigenvalue weighted by atomic mass is 16.5. The lowest BCUT2D eigenvalue weighted by molar-refractivity contribution is -0.122. The summed E-state index contributed by atoms with van der Waals surface area (Å²) in [4.78, 5) is 12.3. The summed E-state index contributed by atoms with van der Waals surface area (Å²) >= 11 is 0. The first-order valence-electron chi connectivity index (χ1n) is 8.23. The van der Waals surface area contributed by atoms with Crippen molar-refractivity contribution >= 4 is 5.91 Å². The molecule has 0 aliphatic carbocycles. The van der Waals surface area contributed by atoms with Crippen molar-refractivity contribution in [2.24, 2.45) is 0 Å². The molecule has 0 fully saturated rings. The number of tetrazole rings is 1. The summed E-state index contributed by atoms with van der Waals surface area (Å²) < 4.78 is 7.67. The van der Waals surface area contributed by atoms with Crippen LogP contribution in [0.5, 0.6) is 5.75 Å². The Hall–Kier alpha value is -2.44. The Morgan fingerprint density at radius 2 is 2.29 bits per heavy atom. The monoisotopic (exact) mass is 329 g/mol. The van der Waals surface area contributed by atoms with Crippen LogP contribution in [0.15, 0.2) is 24.5 Å². The zero-order valence-corrected chi connectivity index (χ0v) is 14.3. The summed E-state index contributed by atoms with van der Waals surface area (Å²) in [5.74, 6) is 0.897. The molecule has 7 heteroatoms. The van der Waals surface area contributed by atoms with Crippen molar-refractivity contribution in [3.63, 3.8) is 0 Å². The van der Waals surface area contributed by atoms with Crippen molar-refractivity contribution in [3.8, 4) is 5.75 Å². The van der Waals surface area contributed by atoms with Crippen LogP contribution in [0.2, 0.25) is 0 Å². The molecule has 0 saturated carbocycles. The van der Waals surface area contributed by atoms with Gasteiger partial charge in [-0.15, -0.1) is 5.10 Å². The average Bonchev–Trinajstić information content (AvgIpc) is 3.00. The summed E-state index contributed by atoms with van der Waals surface area (Å²) in [6.45, 7) is 6.78. The third kappa shape index (κ3) is 3.90. The van der Waals surface area contributed by atoms with Gasteiger partial charge in [0.05, 0.1) is 6.04 Å². The normalized spacial score (nSPS) is 18.5. The van der Waals surface area contributed by atoms with E-state index in [1.54, 1.807) is 11.0 Å². The number of ether oxygens (including phenoxy) is 1. The van der Waals surface area contributed by atoms with E-state index in [0.717, 1.165) is 23.3 Å². The van der Waals surface area contributed by atoms with Crippen molar-refractivity contribution in [1.82, 2.24) is 25.5 Å². The van der Waals surface area contributed by atoms with Crippen LogP contribution >= 0.6 is 0 Å². The number of carbonyl (C=O) groups excluding carboxylic acids is 1. The van der Waals surface area contributed by atoms with Crippen LogP contribution in [-0.4, -0.2) is 31.7 Å². The number of nitrogens with zero attached hydrogens (tertiary/aromatic N) is 4. The maximum absolute atomic E-state index is 12.3. The van der Waals surface area contributed by atoms with Gasteiger partial charge in [-0.3, -0.25) is 4.79 Å². The molecule has 1 amide bonds. The Bertz CT molecular complexity index is 712. The molecule has 1 atom stereocenters. The van der Waals surface area contributed by atoms with Crippen molar-refractivity contribution in [2.45, 2.75) is 58.2 Å². The molecule has 128 valence electrons. The first kappa shape index (κ1) is 16.4. The van der Waals surface area contributed by atoms with Crippen LogP contribution in [0.4, 0.5) is 0 Å². The fourth-order valence-corrected chi connectivity index (χ4v) is 3.05. The molecular weight excluding hydrogens is 306 g/mol. The minimum absolute atomic E-state index is 0.0239. The topological polar surface area (TPSA) is 81.9 Å². The minimum atomic E-state index is -0.299. The number of hydrogen-bond acceptors (Lipinski definition) is 5. The predicted octanol–water partition coefficient (Wildman–Crippen LogP) is 2.18. The smallest absolute Gasteiger partial charge is 0.220 e. The summed E-state index contributed by atoms with van der Waals surface area (Å²) in [6.07, 6.45) is 3.45. The highest BCUT2D eigenvalue weighted by Gasteiger charge is 2.34. The lowest BCUT2D eigenvalue weighted by atomic mass is 9.89. The lowest BCUT2D eigenvalue weighted by Crippen LogP contribution is -2.41. The number of aromatic nitrogens is 4. The highest BCUT2D eigenvalue weighted by Crippen LogP contribution is 2.39. The Morgan fingerprint density at radius 3 is 3.04 bits per heavy atom. The predicted molar refractivity (Wildman–Crippen MR) is 88.4 cm³/mol. The second kappa shape index (κ2) is 6.59. The fourth-order valence-electron chi connectivity index (χ4n) is 3.05. The van der Waals surface area contributed by atoms with Gasteiger partial charge in [0.2, 0.25) is 5.91 Å². The molecule has 1 aromatic carbocycles. The number of benzene rings is 1. The second-order valence-electron chi connectivity index (χ2n) is 6.90. The standard InChI is InChI=1S/C17H23N5O2/c1-12-6-7-15-13(9-12)14(10-17(2,3)24-15)19-16(23)5-4-8-22-11-18-20-21-22/h6-7,9,11,14H,4-5,8,10H2,1-3H3,(H,19,23)/t14-/m1/s1. The molecule has 3 rings (SSSR count). The Kier molecular flexibility index (Phi) is 4.51. The van der Waals surface area contributed by atoms with Crippen LogP contribution in [0.25, 0.3) is 0 Å². The van der Waals surface area contributed by atoms with E-state index in [1.165, 1.54) is 0 Å². The molecule has 0 saturated heterocycles. The van der Waals surface area contributed by atoms with E-state index in [4.69, 9.17) is 4.74 Å². The Labute approximate surface area is 141 Å². The van der Waals surface area contributed by atoms with Gasteiger partial charge < -0.3 is 10.1 Å². The number of carbonyl (C=O) groups is 1. The van der Waals surface area contributed by atoms with E-state index >= 15 is 0 Å². The van der Waals surface area contributed by atoms with Crippen molar-refractivity contribution in [1.29, 1.82) is 0 Å². The molecule has 24 heavy (non-hydrogen) atoms. The van der Waals surface area contributed by atoms with Gasteiger partial charge in [0, 0.05) is 24.9 Å². The number of hydrogen-bond donors (Lipinski definition) is 1. The third-order valence-corrected chi connectivity index (χ3v) is 4.14. The molecule has 0 radical (unpaired) electrons. The van der Waals surface area contributed by atoms with Gasteiger partial charge in [0.15, 0.2) is 0 Å². The molecule has 2 heterocycles. The molecule has 0 unspecified atom stereocenters. The lowest BCUT2D eigenvalue weighted by Gasteiger charge is -2.38. The van der Waals surface area contributed by atoms with Gasteiger partial charge in [0.25, 0.3) is 0 Å². The van der Waals surface area contributed by atoms with Gasteiger partial charge >= 0.3 is 0 Å². The van der Waals surface area contributed by atoms with E-state index in [2.05, 4.69) is 26.9 Å². The van der Waals surface area contributed by atoms with E-state index < -0.39 is 0 Å². The first-order valence-corrected chi connectivity index (χ1v) is 8.23. The number of amides is 1. The minimum Gasteiger partial charge on any atom is -0.487 e. The SMILES string of the molecule is Cc1ccc2c(c1)[C@H](NC(=O)CCCn1cnnn1)CC(C)(C)O2. The fraction of sp³-hybridized carbons (Fsp3) is 0.529. The van der Waals surface area contributed by atoms with Crippen LogP contribution in [-0.2, 0) is 11.3 Å². The van der Waals surface area contributed by atoms with Crippen LogP contribution in [0, 0.1) is 6.92 Å². The maximum atomic E-state index is 12.3. The second-order valence-corrected chi connectivity index (χ2v) is 6.90. The molecular formula is C17H23N5O2. The van der Waals surface area contributed by atoms with Crippen molar-refractivity contribution < 1.29 is 9.53 Å². The zero-order valence-electron chi connectivity index (χ0n) is 14.3. The highest BCUT2D eigenvalue weighted by molar-refractivity contribution is 5.76. The molecule has 1 aromatic heterocycles. The van der Waals surface area contributed by atoms with Crippen LogP contribution in [0.3, 0.4) is 0 Å². The van der Waals surface area contributed by atoms with Gasteiger partial charge in [-0.2, -0.15) is 0 Å². The van der Waals surface area contributed by atoms with Crippen molar-refractivity contribution in [3.05, 3.63) is 35.7 Å². The molecule has 1 N–H and O–H groups in total. The molecule has 1 aliphatic rings. The van der Waals surface area contributed by atoms with Crippen LogP contribution < -0.4 is 10.1 Å². The largest absolute Gasteiger partial charge is 0.487 e. The van der Waals surface area contributed by atoms with Gasteiger partial charge in [-0.25, -0.2) is 4.68 Å². The number of rotatable bonds is 5. The summed E-state index contributed by atoms with van der Waals surface area (Å²) in [6, 6.07) is 6.09. The van der Waals surface area contributed by atoms with E-state index in [-0.39, 0.29) is 17.6 Å². The maximum Gasteiger partial charge on any atom is 0.220 e. The first-order chi connectivity index (χ1) is 11.4. The summed E-state index contributed by atoms with van der Waals surface area (Å²) in [5.41, 5.74) is 1.92. The van der Waals surface area contributed by atoms with Gasteiger partial charge in [0.1, 0.15) is 17.7 Å². The average molecular weight is 329 g/mol. The number of fused-ring (bicyclic) bond motifs is 1. The Balaban J connectivity index is 1.63. The van der Waals surface area contributed by atoms with Crippen molar-refractivity contribution in [2.75, 3.05) is 0 Å².